The van der Waals surface area contributed by atoms with Crippen LogP contribution < -0.4 is 5.73 Å². The Morgan fingerprint density at radius 2 is 2.27 bits per heavy atom. The largest absolute Gasteiger partial charge is 0.472 e. The van der Waals surface area contributed by atoms with Crippen LogP contribution in [0.15, 0.2) is 53.5 Å². The first kappa shape index (κ1) is 11.3. The normalized spacial score (nSPS) is 11.4. The first-order chi connectivity index (χ1) is 7.15. The van der Waals surface area contributed by atoms with E-state index in [0.29, 0.717) is 17.7 Å². The summed E-state index contributed by atoms with van der Waals surface area (Å²) in [5, 5.41) is 8.72. The van der Waals surface area contributed by atoms with Gasteiger partial charge < -0.3 is 15.3 Å². The lowest BCUT2D eigenvalue weighted by Crippen LogP contribution is -2.02. The molecule has 3 N–H and O–H groups in total. The molecule has 1 aromatic heterocycles. The summed E-state index contributed by atoms with van der Waals surface area (Å²) in [6.45, 7) is 7.67. The predicted molar refractivity (Wildman–Crippen MR) is 60.9 cm³/mol. The molecule has 3 heteroatoms. The van der Waals surface area contributed by atoms with Crippen molar-refractivity contribution in [3.63, 3.8) is 0 Å². The second-order valence-electron chi connectivity index (χ2n) is 3.21. The number of aliphatic hydroxyl groups is 1. The van der Waals surface area contributed by atoms with Gasteiger partial charge in [-0.1, -0.05) is 13.2 Å². The van der Waals surface area contributed by atoms with Crippen LogP contribution in [0.2, 0.25) is 0 Å². The van der Waals surface area contributed by atoms with E-state index < -0.39 is 0 Å². The molecule has 3 nitrogen and oxygen atoms in total. The van der Waals surface area contributed by atoms with Gasteiger partial charge in [-0.2, -0.15) is 0 Å². The van der Waals surface area contributed by atoms with Gasteiger partial charge in [-0.05, 0) is 29.7 Å². The minimum absolute atomic E-state index is 0.0472. The van der Waals surface area contributed by atoms with Gasteiger partial charge in [0, 0.05) is 17.9 Å². The molecular weight excluding hydrogens is 190 g/mol. The Morgan fingerprint density at radius 3 is 2.80 bits per heavy atom. The molecule has 0 spiro atoms. The van der Waals surface area contributed by atoms with Crippen molar-refractivity contribution in [2.45, 2.75) is 6.42 Å². The lowest BCUT2D eigenvalue weighted by molar-refractivity contribution is 0.300. The van der Waals surface area contributed by atoms with Crippen LogP contribution >= 0.6 is 0 Å². The topological polar surface area (TPSA) is 59.4 Å². The zero-order valence-corrected chi connectivity index (χ0v) is 8.57. The fourth-order valence-corrected chi connectivity index (χ4v) is 1.10. The monoisotopic (exact) mass is 205 g/mol. The summed E-state index contributed by atoms with van der Waals surface area (Å²) >= 11 is 0. The average molecular weight is 205 g/mol. The lowest BCUT2D eigenvalue weighted by Gasteiger charge is -2.04. The third kappa shape index (κ3) is 3.14. The second kappa shape index (κ2) is 5.22. The Morgan fingerprint density at radius 1 is 1.53 bits per heavy atom. The molecule has 1 rings (SSSR count). The zero-order chi connectivity index (χ0) is 11.3. The van der Waals surface area contributed by atoms with E-state index in [0.717, 1.165) is 11.1 Å². The molecule has 0 saturated carbocycles. The van der Waals surface area contributed by atoms with Crippen LogP contribution in [0.4, 0.5) is 0 Å². The summed E-state index contributed by atoms with van der Waals surface area (Å²) in [5.74, 6) is 0. The van der Waals surface area contributed by atoms with Crippen LogP contribution in [0, 0.1) is 0 Å². The number of rotatable bonds is 5. The van der Waals surface area contributed by atoms with Gasteiger partial charge in [-0.3, -0.25) is 0 Å². The molecule has 0 aliphatic carbocycles. The van der Waals surface area contributed by atoms with Gasteiger partial charge >= 0.3 is 0 Å². The first-order valence-corrected chi connectivity index (χ1v) is 4.63. The zero-order valence-electron chi connectivity index (χ0n) is 8.57. The summed E-state index contributed by atoms with van der Waals surface area (Å²) in [5.41, 5.74) is 8.67. The minimum Gasteiger partial charge on any atom is -0.472 e. The van der Waals surface area contributed by atoms with Crippen LogP contribution in [0.1, 0.15) is 12.0 Å². The maximum absolute atomic E-state index is 8.72. The highest BCUT2D eigenvalue weighted by atomic mass is 16.3. The Kier molecular flexibility index (Phi) is 3.94. The minimum atomic E-state index is 0.0472. The summed E-state index contributed by atoms with van der Waals surface area (Å²) in [7, 11) is 0. The van der Waals surface area contributed by atoms with Crippen molar-refractivity contribution in [3.05, 3.63) is 54.7 Å². The summed E-state index contributed by atoms with van der Waals surface area (Å²) in [6.07, 6.45) is 5.37. The van der Waals surface area contributed by atoms with Crippen LogP contribution in [-0.2, 0) is 0 Å². The highest BCUT2D eigenvalue weighted by Gasteiger charge is 2.01. The number of nitrogens with two attached hydrogens (primary N) is 1. The van der Waals surface area contributed by atoms with Crippen LogP contribution in [-0.4, -0.2) is 11.7 Å². The SMILES string of the molecule is C=C(CCO)/C(N)=C\C(=C)c1ccoc1. The number of hydrogen-bond donors (Lipinski definition) is 2. The van der Waals surface area contributed by atoms with Gasteiger partial charge in [0.2, 0.25) is 0 Å². The fraction of sp³-hybridized carbons (Fsp3) is 0.167. The number of allylic oxidation sites excluding steroid dienone is 3. The summed E-state index contributed by atoms with van der Waals surface area (Å²) in [4.78, 5) is 0. The molecular formula is C12H15NO2. The van der Waals surface area contributed by atoms with Crippen molar-refractivity contribution in [2.24, 2.45) is 5.73 Å². The molecule has 0 radical (unpaired) electrons. The van der Waals surface area contributed by atoms with E-state index in [4.69, 9.17) is 15.3 Å². The third-order valence-electron chi connectivity index (χ3n) is 2.04. The molecule has 0 unspecified atom stereocenters. The molecule has 0 bridgehead atoms. The molecule has 0 aliphatic heterocycles. The first-order valence-electron chi connectivity index (χ1n) is 4.63. The highest BCUT2D eigenvalue weighted by molar-refractivity contribution is 5.72. The molecule has 80 valence electrons. The maximum Gasteiger partial charge on any atom is 0.0980 e. The maximum atomic E-state index is 8.72. The van der Waals surface area contributed by atoms with E-state index in [1.165, 1.54) is 0 Å². The number of aliphatic hydroxyl groups excluding tert-OH is 1. The smallest absolute Gasteiger partial charge is 0.0980 e. The van der Waals surface area contributed by atoms with Crippen molar-refractivity contribution in [3.8, 4) is 0 Å². The summed E-state index contributed by atoms with van der Waals surface area (Å²) in [6, 6.07) is 1.81. The van der Waals surface area contributed by atoms with Crippen LogP contribution in [0.25, 0.3) is 5.57 Å². The lowest BCUT2D eigenvalue weighted by atomic mass is 10.1. The highest BCUT2D eigenvalue weighted by Crippen LogP contribution is 2.17. The van der Waals surface area contributed by atoms with E-state index in [2.05, 4.69) is 13.2 Å². The molecule has 0 aromatic carbocycles. The number of hydrogen-bond acceptors (Lipinski definition) is 3. The van der Waals surface area contributed by atoms with E-state index in [9.17, 15) is 0 Å². The Hall–Kier alpha value is -1.74. The molecule has 15 heavy (non-hydrogen) atoms. The van der Waals surface area contributed by atoms with Gasteiger partial charge in [-0.15, -0.1) is 0 Å². The predicted octanol–water partition coefficient (Wildman–Crippen LogP) is 2.07. The van der Waals surface area contributed by atoms with Crippen LogP contribution in [0.5, 0.6) is 0 Å². The van der Waals surface area contributed by atoms with Gasteiger partial charge in [0.05, 0.1) is 12.5 Å². The number of furan rings is 1. The molecule has 0 amide bonds. The fourth-order valence-electron chi connectivity index (χ4n) is 1.10. The molecule has 0 atom stereocenters. The van der Waals surface area contributed by atoms with Crippen molar-refractivity contribution < 1.29 is 9.52 Å². The Bertz CT molecular complexity index is 374. The van der Waals surface area contributed by atoms with E-state index in [-0.39, 0.29) is 6.61 Å². The Balaban J connectivity index is 2.71. The van der Waals surface area contributed by atoms with E-state index in [1.54, 1.807) is 24.7 Å². The van der Waals surface area contributed by atoms with Crippen molar-refractivity contribution in [1.29, 1.82) is 0 Å². The third-order valence-corrected chi connectivity index (χ3v) is 2.04. The van der Waals surface area contributed by atoms with Gasteiger partial charge in [-0.25, -0.2) is 0 Å². The molecule has 0 fully saturated rings. The molecule has 1 heterocycles. The molecule has 1 aromatic rings. The standard InChI is InChI=1S/C12H15NO2/c1-9(3-5-14)12(13)7-10(2)11-4-6-15-8-11/h4,6-8,14H,1-3,5,13H2/b12-7+. The molecule has 0 saturated heterocycles. The van der Waals surface area contributed by atoms with Crippen molar-refractivity contribution >= 4 is 5.57 Å². The van der Waals surface area contributed by atoms with Crippen molar-refractivity contribution in [1.82, 2.24) is 0 Å². The quantitative estimate of drug-likeness (QED) is 0.723. The second-order valence-corrected chi connectivity index (χ2v) is 3.21. The van der Waals surface area contributed by atoms with E-state index >= 15 is 0 Å². The van der Waals surface area contributed by atoms with Gasteiger partial charge in [0.25, 0.3) is 0 Å². The summed E-state index contributed by atoms with van der Waals surface area (Å²) < 4.78 is 4.93. The molecule has 0 aliphatic rings. The Labute approximate surface area is 89.2 Å². The van der Waals surface area contributed by atoms with Crippen LogP contribution in [0.3, 0.4) is 0 Å². The average Bonchev–Trinajstić information content (AvgIpc) is 2.70. The van der Waals surface area contributed by atoms with E-state index in [1.807, 2.05) is 0 Å². The van der Waals surface area contributed by atoms with Gasteiger partial charge in [0.15, 0.2) is 0 Å². The van der Waals surface area contributed by atoms with Gasteiger partial charge in [0.1, 0.15) is 0 Å². The van der Waals surface area contributed by atoms with Crippen molar-refractivity contribution in [2.75, 3.05) is 6.61 Å².